The lowest BCUT2D eigenvalue weighted by molar-refractivity contribution is -0.130. The van der Waals surface area contributed by atoms with Gasteiger partial charge in [-0.15, -0.1) is 0 Å². The van der Waals surface area contributed by atoms with E-state index in [1.807, 2.05) is 0 Å². The molecular weight excluding hydrogens is 230 g/mol. The Kier molecular flexibility index (Phi) is 9.39. The summed E-state index contributed by atoms with van der Waals surface area (Å²) < 4.78 is 23.4. The van der Waals surface area contributed by atoms with Crippen LogP contribution < -0.4 is 0 Å². The predicted octanol–water partition coefficient (Wildman–Crippen LogP) is 2.92. The zero-order valence-electron chi connectivity index (χ0n) is 7.63. The molecule has 0 aliphatic carbocycles. The van der Waals surface area contributed by atoms with Gasteiger partial charge >= 0.3 is 12.1 Å². The molecule has 0 aromatic carbocycles. The van der Waals surface area contributed by atoms with Gasteiger partial charge in [-0.25, -0.2) is 0 Å². The maximum absolute atomic E-state index is 11.7. The van der Waals surface area contributed by atoms with E-state index >= 15 is 0 Å². The van der Waals surface area contributed by atoms with Crippen LogP contribution in [0.2, 0.25) is 0 Å². The van der Waals surface area contributed by atoms with Crippen molar-refractivity contribution in [3.05, 3.63) is 0 Å². The summed E-state index contributed by atoms with van der Waals surface area (Å²) in [4.78, 5) is 19.8. The number of carbonyl (C=O) groups excluding carboxylic acids is 2. The van der Waals surface area contributed by atoms with Crippen LogP contribution in [0, 0.1) is 0 Å². The fourth-order valence-electron chi connectivity index (χ4n) is 0.658. The Morgan fingerprint density at radius 3 is 1.50 bits per heavy atom. The first kappa shape index (κ1) is 13.9. The van der Waals surface area contributed by atoms with E-state index in [4.69, 9.17) is 0 Å². The second-order valence-corrected chi connectivity index (χ2v) is 5.26. The van der Waals surface area contributed by atoms with Crippen molar-refractivity contribution < 1.29 is 18.4 Å². The van der Waals surface area contributed by atoms with Crippen molar-refractivity contribution in [1.29, 1.82) is 0 Å². The van der Waals surface area contributed by atoms with E-state index in [-0.39, 0.29) is 12.8 Å². The molecule has 0 aromatic rings. The van der Waals surface area contributed by atoms with Gasteiger partial charge in [0.05, 0.1) is 0 Å². The second kappa shape index (κ2) is 9.45. The van der Waals surface area contributed by atoms with Gasteiger partial charge in [-0.05, 0) is 12.8 Å². The largest absolute Gasteiger partial charge is 0.301 e. The minimum absolute atomic E-state index is 0.0312. The van der Waals surface area contributed by atoms with E-state index in [9.17, 15) is 18.4 Å². The summed E-state index contributed by atoms with van der Waals surface area (Å²) >= 11 is 0. The molecule has 0 aliphatic heterocycles. The highest BCUT2D eigenvalue weighted by Crippen LogP contribution is 2.23. The molecule has 0 radical (unpaired) electrons. The summed E-state index contributed by atoms with van der Waals surface area (Å²) in [7, 11) is 3.02. The Hall–Kier alpha value is -0.100. The average Bonchev–Trinajstić information content (AvgIpc) is 2.08. The molecule has 2 nitrogen and oxygen atoms in total. The van der Waals surface area contributed by atoms with E-state index in [1.165, 1.54) is 21.6 Å². The molecule has 0 aliphatic rings. The normalized spacial score (nSPS) is 10.1. The molecule has 0 rings (SSSR count). The van der Waals surface area contributed by atoms with Crippen molar-refractivity contribution in [3.8, 4) is 0 Å². The van der Waals surface area contributed by atoms with Gasteiger partial charge in [0.1, 0.15) is 0 Å². The molecule has 0 fully saturated rings. The van der Waals surface area contributed by atoms with Crippen molar-refractivity contribution in [1.82, 2.24) is 0 Å². The van der Waals surface area contributed by atoms with Crippen LogP contribution in [-0.2, 0) is 9.59 Å². The van der Waals surface area contributed by atoms with E-state index in [0.717, 1.165) is 0 Å². The molecule has 0 bridgehead atoms. The average molecular weight is 242 g/mol. The molecule has 0 N–H and O–H groups in total. The smallest absolute Gasteiger partial charge is 0.261 e. The molecule has 0 saturated carbocycles. The summed E-state index contributed by atoms with van der Waals surface area (Å²) in [5, 5.41) is 0. The SMILES string of the molecule is O=C(F)CCCSSCCCC(=O)F. The van der Waals surface area contributed by atoms with Crippen LogP contribution in [0.15, 0.2) is 0 Å². The summed E-state index contributed by atoms with van der Waals surface area (Å²) in [5.74, 6) is 1.40. The van der Waals surface area contributed by atoms with Crippen molar-refractivity contribution in [2.24, 2.45) is 0 Å². The van der Waals surface area contributed by atoms with Crippen LogP contribution in [-0.4, -0.2) is 23.6 Å². The molecule has 14 heavy (non-hydrogen) atoms. The van der Waals surface area contributed by atoms with Crippen LogP contribution in [0.5, 0.6) is 0 Å². The molecule has 0 atom stereocenters. The number of rotatable bonds is 9. The zero-order chi connectivity index (χ0) is 10.8. The highest BCUT2D eigenvalue weighted by molar-refractivity contribution is 8.76. The summed E-state index contributed by atoms with van der Waals surface area (Å²) in [5.41, 5.74) is 0. The first-order valence-corrected chi connectivity index (χ1v) is 6.73. The minimum Gasteiger partial charge on any atom is -0.261 e. The molecule has 0 unspecified atom stereocenters. The molecule has 6 heteroatoms. The third-order valence-corrected chi connectivity index (χ3v) is 3.86. The van der Waals surface area contributed by atoms with E-state index in [1.54, 1.807) is 0 Å². The van der Waals surface area contributed by atoms with Gasteiger partial charge in [0.2, 0.25) is 0 Å². The minimum atomic E-state index is -1.28. The standard InChI is InChI=1S/C8H12F2O2S2/c9-7(11)3-1-5-13-14-6-2-4-8(10)12/h1-6H2. The lowest BCUT2D eigenvalue weighted by atomic mass is 10.4. The van der Waals surface area contributed by atoms with Gasteiger partial charge < -0.3 is 0 Å². The molecule has 0 amide bonds. The van der Waals surface area contributed by atoms with Crippen molar-refractivity contribution in [2.75, 3.05) is 11.5 Å². The Morgan fingerprint density at radius 1 is 0.857 bits per heavy atom. The van der Waals surface area contributed by atoms with Crippen LogP contribution in [0.3, 0.4) is 0 Å². The third kappa shape index (κ3) is 11.9. The van der Waals surface area contributed by atoms with E-state index < -0.39 is 12.1 Å². The van der Waals surface area contributed by atoms with Crippen molar-refractivity contribution in [2.45, 2.75) is 25.7 Å². The number of hydrogen-bond acceptors (Lipinski definition) is 4. The van der Waals surface area contributed by atoms with Gasteiger partial charge in [-0.2, -0.15) is 8.78 Å². The maximum atomic E-state index is 11.7. The molecule has 0 heterocycles. The quantitative estimate of drug-likeness (QED) is 0.354. The Bertz CT molecular complexity index is 168. The maximum Gasteiger partial charge on any atom is 0.301 e. The predicted molar refractivity (Wildman–Crippen MR) is 55.6 cm³/mol. The highest BCUT2D eigenvalue weighted by Gasteiger charge is 1.99. The lowest BCUT2D eigenvalue weighted by Crippen LogP contribution is -1.89. The molecule has 0 spiro atoms. The topological polar surface area (TPSA) is 34.1 Å². The third-order valence-electron chi connectivity index (χ3n) is 1.29. The van der Waals surface area contributed by atoms with E-state index in [0.29, 0.717) is 24.3 Å². The number of hydrogen-bond donors (Lipinski definition) is 0. The fourth-order valence-corrected chi connectivity index (χ4v) is 2.83. The van der Waals surface area contributed by atoms with Crippen LogP contribution in [0.25, 0.3) is 0 Å². The van der Waals surface area contributed by atoms with Gasteiger partial charge in [-0.1, -0.05) is 21.6 Å². The van der Waals surface area contributed by atoms with Crippen molar-refractivity contribution in [3.63, 3.8) is 0 Å². The highest BCUT2D eigenvalue weighted by atomic mass is 33.1. The zero-order valence-corrected chi connectivity index (χ0v) is 9.26. The Morgan fingerprint density at radius 2 is 1.21 bits per heavy atom. The van der Waals surface area contributed by atoms with Gasteiger partial charge in [-0.3, -0.25) is 9.59 Å². The Balaban J connectivity index is 2.99. The first-order chi connectivity index (χ1) is 6.63. The second-order valence-electron chi connectivity index (χ2n) is 2.56. The number of halogens is 2. The fraction of sp³-hybridized carbons (Fsp3) is 0.750. The Labute approximate surface area is 89.6 Å². The molecular formula is C8H12F2O2S2. The number of carbonyl (C=O) groups is 2. The summed E-state index contributed by atoms with van der Waals surface area (Å²) in [6, 6.07) is -2.56. The monoisotopic (exact) mass is 242 g/mol. The van der Waals surface area contributed by atoms with E-state index in [2.05, 4.69) is 0 Å². The molecule has 82 valence electrons. The summed E-state index contributed by atoms with van der Waals surface area (Å²) in [6.45, 7) is 0. The van der Waals surface area contributed by atoms with Gasteiger partial charge in [0.15, 0.2) is 0 Å². The first-order valence-electron chi connectivity index (χ1n) is 4.24. The lowest BCUT2D eigenvalue weighted by Gasteiger charge is -1.97. The van der Waals surface area contributed by atoms with Crippen LogP contribution in [0.4, 0.5) is 8.78 Å². The van der Waals surface area contributed by atoms with Gasteiger partial charge in [0, 0.05) is 24.3 Å². The van der Waals surface area contributed by atoms with Crippen molar-refractivity contribution >= 4 is 33.7 Å². The molecule has 0 saturated heterocycles. The molecule has 0 aromatic heterocycles. The van der Waals surface area contributed by atoms with Gasteiger partial charge in [0.25, 0.3) is 0 Å². The summed E-state index contributed by atoms with van der Waals surface area (Å²) in [6.07, 6.45) is 0.983. The van der Waals surface area contributed by atoms with Crippen LogP contribution >= 0.6 is 21.6 Å². The van der Waals surface area contributed by atoms with Crippen LogP contribution in [0.1, 0.15) is 25.7 Å².